The van der Waals surface area contributed by atoms with E-state index in [-0.39, 0.29) is 0 Å². The van der Waals surface area contributed by atoms with Crippen molar-refractivity contribution in [1.82, 2.24) is 9.80 Å². The number of likely N-dealkylation sites (tertiary alicyclic amines) is 1. The molecule has 1 atom stereocenters. The van der Waals surface area contributed by atoms with Crippen molar-refractivity contribution >= 4 is 0 Å². The molecule has 0 unspecified atom stereocenters. The van der Waals surface area contributed by atoms with Gasteiger partial charge in [0.25, 0.3) is 0 Å². The van der Waals surface area contributed by atoms with Crippen LogP contribution in [0.3, 0.4) is 0 Å². The normalized spacial score (nSPS) is 26.0. The zero-order chi connectivity index (χ0) is 14.5. The summed E-state index contributed by atoms with van der Waals surface area (Å²) in [6.45, 7) is 9.06. The van der Waals surface area contributed by atoms with Gasteiger partial charge in [0.1, 0.15) is 0 Å². The Hall–Kier alpha value is -0.900. The topological polar surface area (TPSA) is 15.7 Å². The van der Waals surface area contributed by atoms with E-state index in [0.717, 1.165) is 25.7 Å². The van der Waals surface area contributed by atoms with Gasteiger partial charge < -0.3 is 9.64 Å². The van der Waals surface area contributed by atoms with Gasteiger partial charge in [-0.3, -0.25) is 4.90 Å². The maximum Gasteiger partial charge on any atom is 0.0674 e. The molecule has 0 radical (unpaired) electrons. The van der Waals surface area contributed by atoms with Crippen LogP contribution >= 0.6 is 0 Å². The molecule has 0 spiro atoms. The number of hydrogen-bond acceptors (Lipinski definition) is 3. The highest BCUT2D eigenvalue weighted by Gasteiger charge is 2.27. The summed E-state index contributed by atoms with van der Waals surface area (Å²) < 4.78 is 5.66. The molecule has 0 aromatic heterocycles. The molecule has 2 aliphatic heterocycles. The van der Waals surface area contributed by atoms with Gasteiger partial charge in [-0.05, 0) is 44.8 Å². The van der Waals surface area contributed by atoms with Crippen LogP contribution in [-0.2, 0) is 11.2 Å². The van der Waals surface area contributed by atoms with Crippen molar-refractivity contribution in [3.8, 4) is 0 Å². The molecular weight excluding hydrogens is 260 g/mol. The number of rotatable bonds is 4. The highest BCUT2D eigenvalue weighted by atomic mass is 16.5. The van der Waals surface area contributed by atoms with E-state index < -0.39 is 0 Å². The van der Waals surface area contributed by atoms with Gasteiger partial charge in [0.2, 0.25) is 0 Å². The van der Waals surface area contributed by atoms with Gasteiger partial charge in [-0.1, -0.05) is 30.3 Å². The first-order valence-corrected chi connectivity index (χ1v) is 8.43. The molecule has 1 aromatic carbocycles. The molecule has 0 aliphatic carbocycles. The van der Waals surface area contributed by atoms with Crippen molar-refractivity contribution in [3.63, 3.8) is 0 Å². The maximum absolute atomic E-state index is 5.66. The SMILES string of the molecule is C[C@H]1CN(C2CCN(CCc3ccccc3)CC2)CCO1. The van der Waals surface area contributed by atoms with Gasteiger partial charge in [-0.2, -0.15) is 0 Å². The predicted octanol–water partition coefficient (Wildman–Crippen LogP) is 2.41. The monoisotopic (exact) mass is 288 g/mol. The van der Waals surface area contributed by atoms with Crippen LogP contribution < -0.4 is 0 Å². The molecule has 0 saturated carbocycles. The highest BCUT2D eigenvalue weighted by Crippen LogP contribution is 2.19. The minimum absolute atomic E-state index is 0.412. The summed E-state index contributed by atoms with van der Waals surface area (Å²) in [6.07, 6.45) is 4.23. The van der Waals surface area contributed by atoms with Crippen molar-refractivity contribution in [2.45, 2.75) is 38.3 Å². The van der Waals surface area contributed by atoms with Gasteiger partial charge >= 0.3 is 0 Å². The summed E-state index contributed by atoms with van der Waals surface area (Å²) in [6, 6.07) is 11.6. The van der Waals surface area contributed by atoms with E-state index in [1.54, 1.807) is 0 Å². The summed E-state index contributed by atoms with van der Waals surface area (Å²) in [7, 11) is 0. The van der Waals surface area contributed by atoms with Gasteiger partial charge in [0.15, 0.2) is 0 Å². The molecule has 2 saturated heterocycles. The van der Waals surface area contributed by atoms with Crippen LogP contribution in [0.4, 0.5) is 0 Å². The molecule has 116 valence electrons. The molecule has 1 aromatic rings. The van der Waals surface area contributed by atoms with E-state index in [1.807, 2.05) is 0 Å². The third kappa shape index (κ3) is 4.29. The van der Waals surface area contributed by atoms with Crippen molar-refractivity contribution in [1.29, 1.82) is 0 Å². The third-order valence-electron chi connectivity index (χ3n) is 4.91. The van der Waals surface area contributed by atoms with E-state index in [4.69, 9.17) is 4.74 Å². The Morgan fingerprint density at radius 2 is 1.86 bits per heavy atom. The number of ether oxygens (including phenoxy) is 1. The lowest BCUT2D eigenvalue weighted by molar-refractivity contribution is -0.0433. The quantitative estimate of drug-likeness (QED) is 0.846. The minimum atomic E-state index is 0.412. The number of benzene rings is 1. The Balaban J connectivity index is 1.40. The van der Waals surface area contributed by atoms with E-state index in [1.165, 1.54) is 44.5 Å². The fourth-order valence-electron chi connectivity index (χ4n) is 3.62. The molecule has 2 heterocycles. The summed E-state index contributed by atoms with van der Waals surface area (Å²) in [4.78, 5) is 5.29. The van der Waals surface area contributed by atoms with Crippen molar-refractivity contribution < 1.29 is 4.74 Å². The van der Waals surface area contributed by atoms with Crippen LogP contribution in [0.2, 0.25) is 0 Å². The van der Waals surface area contributed by atoms with Crippen LogP contribution in [0.5, 0.6) is 0 Å². The number of nitrogens with zero attached hydrogens (tertiary/aromatic N) is 2. The Morgan fingerprint density at radius 1 is 1.10 bits per heavy atom. The van der Waals surface area contributed by atoms with Gasteiger partial charge in [-0.25, -0.2) is 0 Å². The average Bonchev–Trinajstić information content (AvgIpc) is 2.54. The fourth-order valence-corrected chi connectivity index (χ4v) is 3.62. The van der Waals surface area contributed by atoms with Gasteiger partial charge in [0, 0.05) is 25.7 Å². The lowest BCUT2D eigenvalue weighted by Gasteiger charge is -2.41. The van der Waals surface area contributed by atoms with Crippen LogP contribution in [0.1, 0.15) is 25.3 Å². The first-order valence-electron chi connectivity index (χ1n) is 8.43. The molecule has 3 rings (SSSR count). The van der Waals surface area contributed by atoms with Gasteiger partial charge in [0.05, 0.1) is 12.7 Å². The van der Waals surface area contributed by atoms with E-state index in [2.05, 4.69) is 47.1 Å². The fraction of sp³-hybridized carbons (Fsp3) is 0.667. The lowest BCUT2D eigenvalue weighted by Crippen LogP contribution is -2.51. The average molecular weight is 288 g/mol. The number of morpholine rings is 1. The zero-order valence-corrected chi connectivity index (χ0v) is 13.2. The second-order valence-electron chi connectivity index (χ2n) is 6.48. The molecule has 2 aliphatic rings. The predicted molar refractivity (Wildman–Crippen MR) is 86.6 cm³/mol. The van der Waals surface area contributed by atoms with E-state index in [0.29, 0.717) is 6.10 Å². The third-order valence-corrected chi connectivity index (χ3v) is 4.91. The van der Waals surface area contributed by atoms with Crippen molar-refractivity contribution in [3.05, 3.63) is 35.9 Å². The molecule has 3 nitrogen and oxygen atoms in total. The lowest BCUT2D eigenvalue weighted by atomic mass is 10.0. The standard InChI is InChI=1S/C18H28N2O/c1-16-15-20(13-14-21-16)18-8-11-19(12-9-18)10-7-17-5-3-2-4-6-17/h2-6,16,18H,7-15H2,1H3/t16-/m0/s1. The summed E-state index contributed by atoms with van der Waals surface area (Å²) >= 11 is 0. The Morgan fingerprint density at radius 3 is 2.57 bits per heavy atom. The second kappa shape index (κ2) is 7.39. The second-order valence-corrected chi connectivity index (χ2v) is 6.48. The first kappa shape index (κ1) is 15.0. The molecular formula is C18H28N2O. The summed E-state index contributed by atoms with van der Waals surface area (Å²) in [5.41, 5.74) is 1.46. The Kier molecular flexibility index (Phi) is 5.28. The van der Waals surface area contributed by atoms with Crippen molar-refractivity contribution in [2.75, 3.05) is 39.3 Å². The van der Waals surface area contributed by atoms with Crippen molar-refractivity contribution in [2.24, 2.45) is 0 Å². The molecule has 21 heavy (non-hydrogen) atoms. The molecule has 2 fully saturated rings. The van der Waals surface area contributed by atoms with Crippen LogP contribution in [-0.4, -0.2) is 61.3 Å². The molecule has 0 amide bonds. The molecule has 0 bridgehead atoms. The first-order chi connectivity index (χ1) is 10.3. The van der Waals surface area contributed by atoms with Crippen LogP contribution in [0.25, 0.3) is 0 Å². The van der Waals surface area contributed by atoms with E-state index >= 15 is 0 Å². The largest absolute Gasteiger partial charge is 0.376 e. The zero-order valence-electron chi connectivity index (χ0n) is 13.2. The Bertz CT molecular complexity index is 414. The number of hydrogen-bond donors (Lipinski definition) is 0. The van der Waals surface area contributed by atoms with Crippen LogP contribution in [0.15, 0.2) is 30.3 Å². The van der Waals surface area contributed by atoms with Gasteiger partial charge in [-0.15, -0.1) is 0 Å². The minimum Gasteiger partial charge on any atom is -0.376 e. The Labute approximate surface area is 128 Å². The number of piperidine rings is 1. The highest BCUT2D eigenvalue weighted by molar-refractivity contribution is 5.14. The van der Waals surface area contributed by atoms with Crippen LogP contribution in [0, 0.1) is 0 Å². The molecule has 0 N–H and O–H groups in total. The summed E-state index contributed by atoms with van der Waals surface area (Å²) in [5, 5.41) is 0. The smallest absolute Gasteiger partial charge is 0.0674 e. The molecule has 3 heteroatoms. The van der Waals surface area contributed by atoms with E-state index in [9.17, 15) is 0 Å². The summed E-state index contributed by atoms with van der Waals surface area (Å²) in [5.74, 6) is 0. The maximum atomic E-state index is 5.66.